The molecule has 0 aromatic heterocycles. The van der Waals surface area contributed by atoms with Gasteiger partial charge in [0, 0.05) is 12.6 Å². The third-order valence-corrected chi connectivity index (χ3v) is 3.72. The molecule has 0 aliphatic carbocycles. The summed E-state index contributed by atoms with van der Waals surface area (Å²) in [5.74, 6) is 0.139. The van der Waals surface area contributed by atoms with Crippen LogP contribution in [0.15, 0.2) is 0 Å². The molecule has 2 rings (SSSR count). The molecule has 0 radical (unpaired) electrons. The van der Waals surface area contributed by atoms with Crippen molar-refractivity contribution in [2.24, 2.45) is 0 Å². The lowest BCUT2D eigenvalue weighted by Crippen LogP contribution is -2.46. The Balaban J connectivity index is 1.95. The van der Waals surface area contributed by atoms with Crippen LogP contribution >= 0.6 is 0 Å². The minimum atomic E-state index is -0.185. The van der Waals surface area contributed by atoms with E-state index in [2.05, 4.69) is 18.3 Å². The molecule has 0 bridgehead atoms. The predicted octanol–water partition coefficient (Wildman–Crippen LogP) is 1.03. The van der Waals surface area contributed by atoms with Gasteiger partial charge < -0.3 is 10.2 Å². The van der Waals surface area contributed by atoms with Crippen LogP contribution in [0.1, 0.15) is 39.0 Å². The van der Waals surface area contributed by atoms with Crippen molar-refractivity contribution in [1.82, 2.24) is 10.2 Å². The largest absolute Gasteiger partial charge is 0.325 e. The molecule has 2 saturated heterocycles. The summed E-state index contributed by atoms with van der Waals surface area (Å²) in [6, 6.07) is 2.48. The van der Waals surface area contributed by atoms with Gasteiger partial charge in [-0.25, -0.2) is 0 Å². The van der Waals surface area contributed by atoms with Gasteiger partial charge in [-0.15, -0.1) is 0 Å². The minimum absolute atomic E-state index is 0.0427. The fourth-order valence-corrected chi connectivity index (χ4v) is 2.70. The van der Waals surface area contributed by atoms with Crippen LogP contribution in [0.2, 0.25) is 0 Å². The van der Waals surface area contributed by atoms with E-state index in [9.17, 15) is 4.79 Å². The number of likely N-dealkylation sites (tertiary alicyclic amines) is 1. The van der Waals surface area contributed by atoms with Crippen LogP contribution in [0.4, 0.5) is 0 Å². The number of amides is 1. The maximum Gasteiger partial charge on any atom is 0.240 e. The van der Waals surface area contributed by atoms with Crippen LogP contribution in [-0.4, -0.2) is 35.5 Å². The normalized spacial score (nSPS) is 34.0. The van der Waals surface area contributed by atoms with Gasteiger partial charge in [0.1, 0.15) is 6.04 Å². The summed E-state index contributed by atoms with van der Waals surface area (Å²) in [7, 11) is 0. The lowest BCUT2D eigenvalue weighted by Gasteiger charge is -2.23. The molecule has 0 unspecified atom stereocenters. The van der Waals surface area contributed by atoms with Gasteiger partial charge in [-0.2, -0.15) is 5.26 Å². The first-order valence-electron chi connectivity index (χ1n) is 6.22. The van der Waals surface area contributed by atoms with Gasteiger partial charge in [-0.1, -0.05) is 6.92 Å². The molecule has 4 heteroatoms. The molecule has 4 nitrogen and oxygen atoms in total. The maximum atomic E-state index is 12.2. The van der Waals surface area contributed by atoms with Gasteiger partial charge in [-0.05, 0) is 32.1 Å². The van der Waals surface area contributed by atoms with E-state index in [-0.39, 0.29) is 18.0 Å². The zero-order valence-electron chi connectivity index (χ0n) is 9.78. The lowest BCUT2D eigenvalue weighted by atomic mass is 10.1. The molecule has 0 aromatic carbocycles. The summed E-state index contributed by atoms with van der Waals surface area (Å²) in [5, 5.41) is 12.3. The molecule has 0 saturated carbocycles. The molecule has 0 aromatic rings. The number of carbonyl (C=O) groups is 1. The lowest BCUT2D eigenvalue weighted by molar-refractivity contribution is -0.133. The minimum Gasteiger partial charge on any atom is -0.325 e. The molecule has 2 aliphatic heterocycles. The van der Waals surface area contributed by atoms with E-state index in [1.165, 1.54) is 0 Å². The Bertz CT molecular complexity index is 310. The Morgan fingerprint density at radius 1 is 1.50 bits per heavy atom. The molecule has 88 valence electrons. The van der Waals surface area contributed by atoms with Crippen molar-refractivity contribution < 1.29 is 4.79 Å². The zero-order valence-corrected chi connectivity index (χ0v) is 9.78. The highest BCUT2D eigenvalue weighted by molar-refractivity contribution is 5.83. The Kier molecular flexibility index (Phi) is 3.45. The van der Waals surface area contributed by atoms with Crippen molar-refractivity contribution >= 4 is 5.91 Å². The summed E-state index contributed by atoms with van der Waals surface area (Å²) >= 11 is 0. The molecule has 0 spiro atoms. The van der Waals surface area contributed by atoms with E-state index in [0.29, 0.717) is 6.04 Å². The summed E-state index contributed by atoms with van der Waals surface area (Å²) in [5.41, 5.74) is 0. The second kappa shape index (κ2) is 4.84. The first kappa shape index (κ1) is 11.4. The molecule has 2 aliphatic rings. The van der Waals surface area contributed by atoms with Gasteiger partial charge in [0.2, 0.25) is 5.91 Å². The SMILES string of the molecule is CC[C@@H]1CC[C@H](C(=O)N2CCC[C@H]2C#N)N1. The molecule has 1 N–H and O–H groups in total. The van der Waals surface area contributed by atoms with Crippen molar-refractivity contribution in [1.29, 1.82) is 5.26 Å². The van der Waals surface area contributed by atoms with Crippen molar-refractivity contribution in [3.8, 4) is 6.07 Å². The third-order valence-electron chi connectivity index (χ3n) is 3.72. The monoisotopic (exact) mass is 221 g/mol. The fraction of sp³-hybridized carbons (Fsp3) is 0.833. The van der Waals surface area contributed by atoms with Crippen molar-refractivity contribution in [3.63, 3.8) is 0 Å². The van der Waals surface area contributed by atoms with Crippen LogP contribution < -0.4 is 5.32 Å². The number of nitriles is 1. The van der Waals surface area contributed by atoms with Gasteiger partial charge in [0.15, 0.2) is 0 Å². The molecule has 2 heterocycles. The highest BCUT2D eigenvalue weighted by Crippen LogP contribution is 2.22. The van der Waals surface area contributed by atoms with Crippen molar-refractivity contribution in [2.75, 3.05) is 6.54 Å². The number of hydrogen-bond donors (Lipinski definition) is 1. The third kappa shape index (κ3) is 2.05. The highest BCUT2D eigenvalue weighted by Gasteiger charge is 2.36. The Morgan fingerprint density at radius 2 is 2.31 bits per heavy atom. The van der Waals surface area contributed by atoms with Crippen LogP contribution in [0.5, 0.6) is 0 Å². The Morgan fingerprint density at radius 3 is 2.94 bits per heavy atom. The summed E-state index contributed by atoms with van der Waals surface area (Å²) in [6.45, 7) is 2.89. The van der Waals surface area contributed by atoms with E-state index >= 15 is 0 Å². The first-order chi connectivity index (χ1) is 7.76. The van der Waals surface area contributed by atoms with E-state index in [4.69, 9.17) is 5.26 Å². The number of rotatable bonds is 2. The summed E-state index contributed by atoms with van der Waals surface area (Å²) < 4.78 is 0. The van der Waals surface area contributed by atoms with Crippen molar-refractivity contribution in [3.05, 3.63) is 0 Å². The van der Waals surface area contributed by atoms with Crippen LogP contribution in [0.3, 0.4) is 0 Å². The molecular weight excluding hydrogens is 202 g/mol. The standard InChI is InChI=1S/C12H19N3O/c1-2-9-5-6-11(14-9)12(16)15-7-3-4-10(15)8-13/h9-11,14H,2-7H2,1H3/t9-,10+,11-/m1/s1. The molecule has 16 heavy (non-hydrogen) atoms. The van der Waals surface area contributed by atoms with Gasteiger partial charge in [0.05, 0.1) is 12.1 Å². The number of nitrogens with zero attached hydrogens (tertiary/aromatic N) is 2. The zero-order chi connectivity index (χ0) is 11.5. The maximum absolute atomic E-state index is 12.2. The second-order valence-corrected chi connectivity index (χ2v) is 4.72. The Hall–Kier alpha value is -1.08. The fourth-order valence-electron chi connectivity index (χ4n) is 2.70. The van der Waals surface area contributed by atoms with Crippen molar-refractivity contribution in [2.45, 2.75) is 57.2 Å². The van der Waals surface area contributed by atoms with Crippen LogP contribution in [-0.2, 0) is 4.79 Å². The topological polar surface area (TPSA) is 56.1 Å². The van der Waals surface area contributed by atoms with Gasteiger partial charge in [0.25, 0.3) is 0 Å². The number of hydrogen-bond acceptors (Lipinski definition) is 3. The molecule has 1 amide bonds. The number of nitrogens with one attached hydrogen (secondary N) is 1. The highest BCUT2D eigenvalue weighted by atomic mass is 16.2. The summed E-state index contributed by atoms with van der Waals surface area (Å²) in [4.78, 5) is 14.0. The van der Waals surface area contributed by atoms with E-state index in [1.807, 2.05) is 0 Å². The smallest absolute Gasteiger partial charge is 0.240 e. The van der Waals surface area contributed by atoms with Gasteiger partial charge >= 0.3 is 0 Å². The average molecular weight is 221 g/mol. The molecule has 2 fully saturated rings. The van der Waals surface area contributed by atoms with Crippen LogP contribution in [0, 0.1) is 11.3 Å². The van der Waals surface area contributed by atoms with Gasteiger partial charge in [-0.3, -0.25) is 4.79 Å². The predicted molar refractivity (Wildman–Crippen MR) is 60.6 cm³/mol. The first-order valence-corrected chi connectivity index (χ1v) is 6.22. The number of carbonyl (C=O) groups excluding carboxylic acids is 1. The second-order valence-electron chi connectivity index (χ2n) is 4.72. The van der Waals surface area contributed by atoms with E-state index < -0.39 is 0 Å². The Labute approximate surface area is 96.6 Å². The quantitative estimate of drug-likeness (QED) is 0.757. The average Bonchev–Trinajstić information content (AvgIpc) is 2.96. The van der Waals surface area contributed by atoms with E-state index in [0.717, 1.165) is 38.6 Å². The van der Waals surface area contributed by atoms with Crippen LogP contribution in [0.25, 0.3) is 0 Å². The van der Waals surface area contributed by atoms with E-state index in [1.54, 1.807) is 4.90 Å². The summed E-state index contributed by atoms with van der Waals surface area (Å²) in [6.07, 6.45) is 4.88. The molecule has 3 atom stereocenters. The molecular formula is C12H19N3O.